The highest BCUT2D eigenvalue weighted by atomic mass is 32.1. The van der Waals surface area contributed by atoms with Gasteiger partial charge in [-0.1, -0.05) is 6.58 Å². The molecule has 0 radical (unpaired) electrons. The molecule has 30 heavy (non-hydrogen) atoms. The summed E-state index contributed by atoms with van der Waals surface area (Å²) in [6.07, 6.45) is 1.16. The molecular weight excluding hydrogens is 407 g/mol. The van der Waals surface area contributed by atoms with Crippen molar-refractivity contribution in [1.29, 1.82) is 0 Å². The van der Waals surface area contributed by atoms with Crippen LogP contribution in [0.25, 0.3) is 10.8 Å². The van der Waals surface area contributed by atoms with E-state index in [-0.39, 0.29) is 11.9 Å². The van der Waals surface area contributed by atoms with Gasteiger partial charge in [0, 0.05) is 18.7 Å². The Hall–Kier alpha value is -3.40. The van der Waals surface area contributed by atoms with E-state index in [2.05, 4.69) is 26.2 Å². The van der Waals surface area contributed by atoms with Crippen LogP contribution in [0, 0.1) is 12.7 Å². The Bertz CT molecular complexity index is 1140. The Morgan fingerprint density at radius 2 is 2.00 bits per heavy atom. The van der Waals surface area contributed by atoms with Crippen LogP contribution in [-0.2, 0) is 11.3 Å². The number of carbonyl (C=O) groups is 2. The van der Waals surface area contributed by atoms with Crippen molar-refractivity contribution >= 4 is 29.2 Å². The lowest BCUT2D eigenvalue weighted by atomic mass is 10.1. The number of nitrogens with zero attached hydrogens (tertiary/aromatic N) is 5. The van der Waals surface area contributed by atoms with E-state index in [1.165, 1.54) is 35.8 Å². The number of hydrogen-bond acceptors (Lipinski definition) is 6. The first-order valence-corrected chi connectivity index (χ1v) is 10.1. The van der Waals surface area contributed by atoms with E-state index < -0.39 is 11.7 Å². The molecule has 4 rings (SSSR count). The second-order valence-corrected chi connectivity index (χ2v) is 7.59. The van der Waals surface area contributed by atoms with Gasteiger partial charge in [-0.2, -0.15) is 4.37 Å². The Kier molecular flexibility index (Phi) is 5.17. The van der Waals surface area contributed by atoms with E-state index in [0.717, 1.165) is 6.08 Å². The molecule has 1 aromatic carbocycles. The third kappa shape index (κ3) is 3.50. The van der Waals surface area contributed by atoms with E-state index in [1.807, 2.05) is 11.5 Å². The molecule has 8 nitrogen and oxygen atoms in total. The number of nitrogens with one attached hydrogen (secondary N) is 1. The predicted octanol–water partition coefficient (Wildman–Crippen LogP) is 3.19. The minimum Gasteiger partial charge on any atom is -0.328 e. The van der Waals surface area contributed by atoms with Crippen molar-refractivity contribution in [3.05, 3.63) is 59.8 Å². The zero-order valence-electron chi connectivity index (χ0n) is 16.4. The molecule has 2 aromatic heterocycles. The van der Waals surface area contributed by atoms with E-state index in [1.54, 1.807) is 11.8 Å². The zero-order valence-corrected chi connectivity index (χ0v) is 17.2. The molecule has 0 fully saturated rings. The molecule has 1 unspecified atom stereocenters. The van der Waals surface area contributed by atoms with Crippen LogP contribution in [-0.4, -0.2) is 42.2 Å². The number of anilines is 1. The summed E-state index contributed by atoms with van der Waals surface area (Å²) in [5, 5.41) is 3.37. The van der Waals surface area contributed by atoms with E-state index in [9.17, 15) is 14.0 Å². The third-order valence-electron chi connectivity index (χ3n) is 4.93. The lowest BCUT2D eigenvalue weighted by Crippen LogP contribution is -2.41. The molecule has 3 heterocycles. The molecule has 0 aliphatic carbocycles. The Labute approximate surface area is 176 Å². The smallest absolute Gasteiger partial charge is 0.254 e. The van der Waals surface area contributed by atoms with Gasteiger partial charge in [0.05, 0.1) is 11.7 Å². The molecule has 0 spiro atoms. The van der Waals surface area contributed by atoms with E-state index in [0.29, 0.717) is 46.8 Å². The minimum atomic E-state index is -0.400. The highest BCUT2D eigenvalue weighted by molar-refractivity contribution is 7.09. The molecule has 0 saturated carbocycles. The lowest BCUT2D eigenvalue weighted by Gasteiger charge is -2.35. The standard InChI is InChI=1S/C20H19FN6O2S/c1-4-15(28)23-17-16-11(2)26(20(29)13-5-7-14(21)8-6-13)9-10-27(16)18(24-17)19-22-12(3)25-30-19/h4-8,11H,1,9-10H2,2-3H3,(H,23,28). The number of benzene rings is 1. The molecule has 154 valence electrons. The van der Waals surface area contributed by atoms with Gasteiger partial charge in [-0.15, -0.1) is 0 Å². The van der Waals surface area contributed by atoms with Crippen molar-refractivity contribution in [1.82, 2.24) is 23.8 Å². The highest BCUT2D eigenvalue weighted by Gasteiger charge is 2.34. The minimum absolute atomic E-state index is 0.218. The van der Waals surface area contributed by atoms with Gasteiger partial charge in [0.2, 0.25) is 5.91 Å². The van der Waals surface area contributed by atoms with Crippen LogP contribution >= 0.6 is 11.5 Å². The van der Waals surface area contributed by atoms with Gasteiger partial charge in [-0.25, -0.2) is 14.4 Å². The topological polar surface area (TPSA) is 93.0 Å². The van der Waals surface area contributed by atoms with Gasteiger partial charge in [0.15, 0.2) is 16.6 Å². The molecule has 0 saturated heterocycles. The first kappa shape index (κ1) is 19.9. The number of amides is 2. The molecule has 10 heteroatoms. The van der Waals surface area contributed by atoms with Crippen molar-refractivity contribution in [2.45, 2.75) is 26.4 Å². The van der Waals surface area contributed by atoms with Crippen molar-refractivity contribution in [3.8, 4) is 10.8 Å². The van der Waals surface area contributed by atoms with Gasteiger partial charge in [-0.3, -0.25) is 9.59 Å². The van der Waals surface area contributed by atoms with Gasteiger partial charge in [0.25, 0.3) is 5.91 Å². The number of halogens is 1. The van der Waals surface area contributed by atoms with Gasteiger partial charge >= 0.3 is 0 Å². The summed E-state index contributed by atoms with van der Waals surface area (Å²) in [4.78, 5) is 35.7. The SMILES string of the molecule is C=CC(=O)Nc1nc(-c2nc(C)ns2)n2c1C(C)N(C(=O)c1ccc(F)cc1)CC2. The van der Waals surface area contributed by atoms with Crippen LogP contribution < -0.4 is 5.32 Å². The fourth-order valence-electron chi connectivity index (χ4n) is 3.51. The molecule has 1 N–H and O–H groups in total. The Morgan fingerprint density at radius 1 is 1.27 bits per heavy atom. The monoisotopic (exact) mass is 426 g/mol. The van der Waals surface area contributed by atoms with E-state index >= 15 is 0 Å². The van der Waals surface area contributed by atoms with Crippen LogP contribution in [0.5, 0.6) is 0 Å². The maximum Gasteiger partial charge on any atom is 0.254 e. The number of carbonyl (C=O) groups excluding carboxylic acids is 2. The number of rotatable bonds is 4. The van der Waals surface area contributed by atoms with Crippen molar-refractivity contribution < 1.29 is 14.0 Å². The average molecular weight is 426 g/mol. The molecule has 1 aliphatic rings. The van der Waals surface area contributed by atoms with Crippen LogP contribution in [0.1, 0.15) is 34.8 Å². The van der Waals surface area contributed by atoms with Crippen molar-refractivity contribution in [3.63, 3.8) is 0 Å². The van der Waals surface area contributed by atoms with Crippen LogP contribution in [0.2, 0.25) is 0 Å². The summed E-state index contributed by atoms with van der Waals surface area (Å²) in [6, 6.07) is 5.07. The molecule has 1 aliphatic heterocycles. The van der Waals surface area contributed by atoms with E-state index in [4.69, 9.17) is 0 Å². The summed E-state index contributed by atoms with van der Waals surface area (Å²) >= 11 is 1.23. The number of aryl methyl sites for hydroxylation is 1. The Balaban J connectivity index is 1.75. The average Bonchev–Trinajstić information content (AvgIpc) is 3.32. The second kappa shape index (κ2) is 7.79. The van der Waals surface area contributed by atoms with Crippen LogP contribution in [0.4, 0.5) is 10.2 Å². The maximum atomic E-state index is 13.2. The molecule has 0 bridgehead atoms. The zero-order chi connectivity index (χ0) is 21.4. The molecular formula is C20H19FN6O2S. The predicted molar refractivity (Wildman–Crippen MR) is 111 cm³/mol. The summed E-state index contributed by atoms with van der Waals surface area (Å²) < 4.78 is 19.4. The van der Waals surface area contributed by atoms with Crippen molar-refractivity contribution in [2.75, 3.05) is 11.9 Å². The summed E-state index contributed by atoms with van der Waals surface area (Å²) in [7, 11) is 0. The van der Waals surface area contributed by atoms with Crippen LogP contribution in [0.3, 0.4) is 0 Å². The van der Waals surface area contributed by atoms with Gasteiger partial charge in [0.1, 0.15) is 11.6 Å². The largest absolute Gasteiger partial charge is 0.328 e. The fraction of sp³-hybridized carbons (Fsp3) is 0.250. The number of fused-ring (bicyclic) bond motifs is 1. The summed E-state index contributed by atoms with van der Waals surface area (Å²) in [6.45, 7) is 8.05. The molecule has 1 atom stereocenters. The third-order valence-corrected chi connectivity index (χ3v) is 5.73. The lowest BCUT2D eigenvalue weighted by molar-refractivity contribution is -0.111. The van der Waals surface area contributed by atoms with Crippen LogP contribution in [0.15, 0.2) is 36.9 Å². The molecule has 2 amide bonds. The summed E-state index contributed by atoms with van der Waals surface area (Å²) in [5.41, 5.74) is 1.09. The number of hydrogen-bond donors (Lipinski definition) is 1. The normalized spacial score (nSPS) is 15.6. The maximum absolute atomic E-state index is 13.2. The molecule has 3 aromatic rings. The van der Waals surface area contributed by atoms with Gasteiger partial charge < -0.3 is 14.8 Å². The number of imidazole rings is 1. The second-order valence-electron chi connectivity index (χ2n) is 6.84. The fourth-order valence-corrected chi connectivity index (χ4v) is 4.18. The number of aromatic nitrogens is 4. The van der Waals surface area contributed by atoms with Gasteiger partial charge in [-0.05, 0) is 55.7 Å². The van der Waals surface area contributed by atoms with Crippen molar-refractivity contribution in [2.24, 2.45) is 0 Å². The first-order chi connectivity index (χ1) is 14.4. The quantitative estimate of drug-likeness (QED) is 0.647. The Morgan fingerprint density at radius 3 is 2.63 bits per heavy atom. The first-order valence-electron chi connectivity index (χ1n) is 9.30. The summed E-state index contributed by atoms with van der Waals surface area (Å²) in [5.74, 6) is 0.570. The highest BCUT2D eigenvalue weighted by Crippen LogP contribution is 2.36.